The van der Waals surface area contributed by atoms with Crippen LogP contribution < -0.4 is 10.6 Å². The fraction of sp³-hybridized carbons (Fsp3) is 0.417. The average Bonchev–Trinajstić information content (AvgIpc) is 2.77. The molecule has 1 aromatic carbocycles. The lowest BCUT2D eigenvalue weighted by Gasteiger charge is -2.11. The molecule has 2 N–H and O–H groups in total. The van der Waals surface area contributed by atoms with E-state index < -0.39 is 0 Å². The van der Waals surface area contributed by atoms with E-state index in [9.17, 15) is 9.18 Å². The normalized spacial score (nSPS) is 19.8. The van der Waals surface area contributed by atoms with Crippen molar-refractivity contribution >= 4 is 11.6 Å². The van der Waals surface area contributed by atoms with E-state index in [1.165, 1.54) is 6.07 Å². The van der Waals surface area contributed by atoms with Gasteiger partial charge in [-0.3, -0.25) is 4.79 Å². The van der Waals surface area contributed by atoms with E-state index in [0.29, 0.717) is 11.3 Å². The number of amides is 1. The highest BCUT2D eigenvalue weighted by Gasteiger charge is 2.21. The molecule has 2 rings (SSSR count). The number of benzene rings is 1. The van der Waals surface area contributed by atoms with Crippen LogP contribution in [0.15, 0.2) is 18.2 Å². The first-order chi connectivity index (χ1) is 7.66. The number of hydrogen-bond acceptors (Lipinski definition) is 2. The number of hydrogen-bond donors (Lipinski definition) is 2. The van der Waals surface area contributed by atoms with Gasteiger partial charge in [0.25, 0.3) is 0 Å². The number of nitrogens with one attached hydrogen (secondary N) is 2. The number of rotatable bonds is 2. The van der Waals surface area contributed by atoms with Gasteiger partial charge in [-0.05, 0) is 44.0 Å². The summed E-state index contributed by atoms with van der Waals surface area (Å²) < 4.78 is 13.2. The molecule has 0 unspecified atom stereocenters. The van der Waals surface area contributed by atoms with Crippen LogP contribution in [0.2, 0.25) is 0 Å². The summed E-state index contributed by atoms with van der Waals surface area (Å²) in [6, 6.07) is 4.59. The van der Waals surface area contributed by atoms with Gasteiger partial charge >= 0.3 is 0 Å². The highest BCUT2D eigenvalue weighted by atomic mass is 19.1. The second kappa shape index (κ2) is 4.61. The molecule has 0 bridgehead atoms. The van der Waals surface area contributed by atoms with E-state index in [0.717, 1.165) is 19.4 Å². The Morgan fingerprint density at radius 1 is 1.56 bits per heavy atom. The molecular formula is C12H15FN2O. The van der Waals surface area contributed by atoms with Gasteiger partial charge in [-0.15, -0.1) is 0 Å². The van der Waals surface area contributed by atoms with Crippen molar-refractivity contribution < 1.29 is 9.18 Å². The summed E-state index contributed by atoms with van der Waals surface area (Å²) >= 11 is 0. The molecule has 0 spiro atoms. The average molecular weight is 222 g/mol. The molecule has 0 aliphatic carbocycles. The van der Waals surface area contributed by atoms with E-state index in [1.807, 2.05) is 0 Å². The lowest BCUT2D eigenvalue weighted by Crippen LogP contribution is -2.35. The van der Waals surface area contributed by atoms with Gasteiger partial charge in [0.15, 0.2) is 0 Å². The minimum absolute atomic E-state index is 0.0826. The first-order valence-electron chi connectivity index (χ1n) is 5.47. The molecule has 1 aromatic rings. The largest absolute Gasteiger partial charge is 0.325 e. The summed E-state index contributed by atoms with van der Waals surface area (Å²) in [4.78, 5) is 11.7. The van der Waals surface area contributed by atoms with Gasteiger partial charge in [0.1, 0.15) is 5.82 Å². The van der Waals surface area contributed by atoms with Crippen molar-refractivity contribution in [1.29, 1.82) is 0 Å². The molecule has 86 valence electrons. The maximum absolute atomic E-state index is 13.2. The Labute approximate surface area is 94.0 Å². The molecule has 4 heteroatoms. The monoisotopic (exact) mass is 222 g/mol. The molecule has 1 fully saturated rings. The zero-order chi connectivity index (χ0) is 11.5. The molecule has 1 saturated heterocycles. The summed E-state index contributed by atoms with van der Waals surface area (Å²) in [5.74, 6) is -0.377. The number of aryl methyl sites for hydroxylation is 1. The molecular weight excluding hydrogens is 207 g/mol. The van der Waals surface area contributed by atoms with E-state index >= 15 is 0 Å². The molecule has 0 aromatic heterocycles. The van der Waals surface area contributed by atoms with Crippen molar-refractivity contribution in [2.24, 2.45) is 0 Å². The van der Waals surface area contributed by atoms with Crippen LogP contribution >= 0.6 is 0 Å². The van der Waals surface area contributed by atoms with E-state index in [1.54, 1.807) is 19.1 Å². The predicted molar refractivity (Wildman–Crippen MR) is 60.8 cm³/mol. The van der Waals surface area contributed by atoms with Crippen molar-refractivity contribution in [3.05, 3.63) is 29.6 Å². The molecule has 1 aliphatic rings. The smallest absolute Gasteiger partial charge is 0.241 e. The minimum Gasteiger partial charge on any atom is -0.325 e. The van der Waals surface area contributed by atoms with Crippen LogP contribution in [0.3, 0.4) is 0 Å². The van der Waals surface area contributed by atoms with Crippen molar-refractivity contribution in [2.75, 3.05) is 11.9 Å². The first-order valence-corrected chi connectivity index (χ1v) is 5.47. The van der Waals surface area contributed by atoms with Crippen molar-refractivity contribution in [3.63, 3.8) is 0 Å². The maximum atomic E-state index is 13.2. The highest BCUT2D eigenvalue weighted by molar-refractivity contribution is 5.95. The van der Waals surface area contributed by atoms with Gasteiger partial charge in [-0.1, -0.05) is 6.07 Å². The van der Waals surface area contributed by atoms with Gasteiger partial charge < -0.3 is 10.6 Å². The molecule has 3 nitrogen and oxygen atoms in total. The van der Waals surface area contributed by atoms with Crippen LogP contribution in [0.1, 0.15) is 18.4 Å². The molecule has 1 amide bonds. The first kappa shape index (κ1) is 11.1. The van der Waals surface area contributed by atoms with Crippen LogP contribution in [0, 0.1) is 12.7 Å². The zero-order valence-corrected chi connectivity index (χ0v) is 9.22. The lowest BCUT2D eigenvalue weighted by molar-refractivity contribution is -0.117. The van der Waals surface area contributed by atoms with Crippen molar-refractivity contribution in [2.45, 2.75) is 25.8 Å². The van der Waals surface area contributed by atoms with Gasteiger partial charge in [0, 0.05) is 5.69 Å². The second-order valence-electron chi connectivity index (χ2n) is 4.10. The number of carbonyl (C=O) groups excluding carboxylic acids is 1. The van der Waals surface area contributed by atoms with Gasteiger partial charge in [0.05, 0.1) is 6.04 Å². The van der Waals surface area contributed by atoms with Crippen molar-refractivity contribution in [3.8, 4) is 0 Å². The summed E-state index contributed by atoms with van der Waals surface area (Å²) in [6.07, 6.45) is 1.86. The van der Waals surface area contributed by atoms with E-state index in [-0.39, 0.29) is 17.8 Å². The molecule has 0 radical (unpaired) electrons. The molecule has 1 atom stereocenters. The summed E-state index contributed by atoms with van der Waals surface area (Å²) in [5.41, 5.74) is 1.10. The molecule has 1 aliphatic heterocycles. The Morgan fingerprint density at radius 2 is 2.38 bits per heavy atom. The quantitative estimate of drug-likeness (QED) is 0.801. The molecule has 0 saturated carbocycles. The number of carbonyl (C=O) groups is 1. The standard InChI is InChI=1S/C12H15FN2O/c1-8-4-5-9(7-10(8)13)15-12(16)11-3-2-6-14-11/h4-5,7,11,14H,2-3,6H2,1H3,(H,15,16)/t11-/m1/s1. The fourth-order valence-corrected chi connectivity index (χ4v) is 1.81. The third-order valence-corrected chi connectivity index (χ3v) is 2.82. The van der Waals surface area contributed by atoms with Crippen LogP contribution in [0.5, 0.6) is 0 Å². The maximum Gasteiger partial charge on any atom is 0.241 e. The number of halogens is 1. The summed E-state index contributed by atoms with van der Waals surface area (Å²) in [7, 11) is 0. The second-order valence-corrected chi connectivity index (χ2v) is 4.10. The minimum atomic E-state index is -0.294. The Kier molecular flexibility index (Phi) is 3.19. The fourth-order valence-electron chi connectivity index (χ4n) is 1.81. The molecule has 1 heterocycles. The van der Waals surface area contributed by atoms with Crippen molar-refractivity contribution in [1.82, 2.24) is 5.32 Å². The third-order valence-electron chi connectivity index (χ3n) is 2.82. The van der Waals surface area contributed by atoms with Gasteiger partial charge in [-0.25, -0.2) is 4.39 Å². The van der Waals surface area contributed by atoms with Crippen LogP contribution in [-0.2, 0) is 4.79 Å². The Balaban J connectivity index is 2.02. The van der Waals surface area contributed by atoms with E-state index in [4.69, 9.17) is 0 Å². The van der Waals surface area contributed by atoms with Gasteiger partial charge in [-0.2, -0.15) is 0 Å². The number of anilines is 1. The summed E-state index contributed by atoms with van der Waals surface area (Å²) in [6.45, 7) is 2.57. The predicted octanol–water partition coefficient (Wildman–Crippen LogP) is 1.82. The van der Waals surface area contributed by atoms with Crippen LogP contribution in [0.4, 0.5) is 10.1 Å². The zero-order valence-electron chi connectivity index (χ0n) is 9.22. The Morgan fingerprint density at radius 3 is 3.00 bits per heavy atom. The van der Waals surface area contributed by atoms with Crippen LogP contribution in [-0.4, -0.2) is 18.5 Å². The molecule has 16 heavy (non-hydrogen) atoms. The Bertz CT molecular complexity index is 400. The lowest BCUT2D eigenvalue weighted by atomic mass is 10.2. The highest BCUT2D eigenvalue weighted by Crippen LogP contribution is 2.15. The third kappa shape index (κ3) is 2.39. The van der Waals surface area contributed by atoms with Gasteiger partial charge in [0.2, 0.25) is 5.91 Å². The summed E-state index contributed by atoms with van der Waals surface area (Å²) in [5, 5.41) is 5.81. The van der Waals surface area contributed by atoms with Crippen LogP contribution in [0.25, 0.3) is 0 Å². The SMILES string of the molecule is Cc1ccc(NC(=O)[C@H]2CCCN2)cc1F. The van der Waals surface area contributed by atoms with E-state index in [2.05, 4.69) is 10.6 Å². The Hall–Kier alpha value is -1.42. The topological polar surface area (TPSA) is 41.1 Å².